The molecule has 0 fully saturated rings. The fourth-order valence-corrected chi connectivity index (χ4v) is 5.92. The minimum absolute atomic E-state index is 0.251. The maximum atomic E-state index is 5.92. The molecule has 0 spiro atoms. The van der Waals surface area contributed by atoms with Gasteiger partial charge in [-0.05, 0) is 74.4 Å². The van der Waals surface area contributed by atoms with Crippen LogP contribution in [0.1, 0.15) is 34.0 Å². The van der Waals surface area contributed by atoms with Crippen LogP contribution in [0.4, 0.5) is 22.9 Å². The summed E-state index contributed by atoms with van der Waals surface area (Å²) in [5, 5.41) is 8.64. The van der Waals surface area contributed by atoms with Gasteiger partial charge in [0.15, 0.2) is 17.5 Å². The molecular formula is C34H30N6O. The van der Waals surface area contributed by atoms with Gasteiger partial charge in [-0.25, -0.2) is 14.7 Å². The third kappa shape index (κ3) is 4.17. The van der Waals surface area contributed by atoms with Crippen molar-refractivity contribution in [3.8, 4) is 11.4 Å². The van der Waals surface area contributed by atoms with Gasteiger partial charge in [0.05, 0.1) is 35.9 Å². The number of hydrogen-bond acceptors (Lipinski definition) is 6. The number of ether oxygens (including phenoxy) is 1. The van der Waals surface area contributed by atoms with E-state index in [1.54, 1.807) is 7.11 Å². The average Bonchev–Trinajstić information content (AvgIpc) is 3.32. The van der Waals surface area contributed by atoms with Gasteiger partial charge < -0.3 is 15.0 Å². The van der Waals surface area contributed by atoms with Crippen LogP contribution in [0.15, 0.2) is 107 Å². The number of nitrogens with zero attached hydrogens (tertiary/aromatic N) is 5. The van der Waals surface area contributed by atoms with E-state index in [0.29, 0.717) is 5.84 Å². The summed E-state index contributed by atoms with van der Waals surface area (Å²) in [6.07, 6.45) is 0. The van der Waals surface area contributed by atoms with E-state index in [-0.39, 0.29) is 6.04 Å². The highest BCUT2D eigenvalue weighted by atomic mass is 16.5. The van der Waals surface area contributed by atoms with Gasteiger partial charge in [-0.1, -0.05) is 54.6 Å². The molecule has 41 heavy (non-hydrogen) atoms. The number of hydrogen-bond donors (Lipinski definition) is 1. The Morgan fingerprint density at radius 1 is 0.780 bits per heavy atom. The molecule has 2 aliphatic heterocycles. The van der Waals surface area contributed by atoms with E-state index in [1.165, 1.54) is 11.1 Å². The monoisotopic (exact) mass is 538 g/mol. The number of nitrogens with one attached hydrogen (secondary N) is 1. The second-order valence-corrected chi connectivity index (χ2v) is 10.5. The Labute approximate surface area is 239 Å². The molecule has 0 saturated heterocycles. The van der Waals surface area contributed by atoms with Crippen LogP contribution in [0.25, 0.3) is 5.69 Å². The lowest BCUT2D eigenvalue weighted by molar-refractivity contribution is 0.407. The summed E-state index contributed by atoms with van der Waals surface area (Å²) in [5.74, 6) is 2.99. The summed E-state index contributed by atoms with van der Waals surface area (Å²) in [6, 6.07) is 32.7. The van der Waals surface area contributed by atoms with E-state index >= 15 is 0 Å². The molecule has 1 N–H and O–H groups in total. The number of fused-ring (bicyclic) bond motifs is 4. The molecule has 5 aromatic rings. The fourth-order valence-electron chi connectivity index (χ4n) is 5.92. The van der Waals surface area contributed by atoms with Crippen LogP contribution >= 0.6 is 0 Å². The molecule has 0 radical (unpaired) electrons. The number of aliphatic imine (C=N–C) groups is 2. The van der Waals surface area contributed by atoms with Crippen molar-refractivity contribution < 1.29 is 4.74 Å². The van der Waals surface area contributed by atoms with Crippen molar-refractivity contribution in [1.82, 2.24) is 9.78 Å². The zero-order valence-electron chi connectivity index (χ0n) is 23.5. The standard InChI is InChI=1S/C34H30N6O/c1-21-18-22(2)20-24(19-21)35-32-34-37-33-30(23(3)38-40(33)25-12-6-5-7-13-25)31(26-14-8-11-17-29(26)41-4)39(34)28-16-10-9-15-27(28)36-32/h5-20,31H,1-4H3,(H,35,36). The number of aryl methyl sites for hydroxylation is 3. The number of methoxy groups -OCH3 is 1. The molecule has 7 nitrogen and oxygen atoms in total. The number of benzene rings is 4. The van der Waals surface area contributed by atoms with Crippen molar-refractivity contribution in [3.05, 3.63) is 125 Å². The Kier molecular flexibility index (Phi) is 5.93. The van der Waals surface area contributed by atoms with Gasteiger partial charge in [0.25, 0.3) is 0 Å². The summed E-state index contributed by atoms with van der Waals surface area (Å²) in [7, 11) is 1.72. The topological polar surface area (TPSA) is 67.0 Å². The smallest absolute Gasteiger partial charge is 0.179 e. The minimum atomic E-state index is -0.251. The molecule has 7 heteroatoms. The zero-order chi connectivity index (χ0) is 28.1. The summed E-state index contributed by atoms with van der Waals surface area (Å²) in [6.45, 7) is 6.26. The first-order valence-corrected chi connectivity index (χ1v) is 13.7. The van der Waals surface area contributed by atoms with Gasteiger partial charge in [-0.3, -0.25) is 0 Å². The van der Waals surface area contributed by atoms with E-state index in [2.05, 4.69) is 79.5 Å². The van der Waals surface area contributed by atoms with Gasteiger partial charge in [0, 0.05) is 16.8 Å². The van der Waals surface area contributed by atoms with Crippen molar-refractivity contribution in [3.63, 3.8) is 0 Å². The van der Waals surface area contributed by atoms with E-state index < -0.39 is 0 Å². The van der Waals surface area contributed by atoms with Crippen molar-refractivity contribution >= 4 is 34.6 Å². The first-order chi connectivity index (χ1) is 20.0. The molecule has 0 amide bonds. The molecule has 2 aliphatic rings. The number of amidine groups is 2. The van der Waals surface area contributed by atoms with Crippen LogP contribution in [0.3, 0.4) is 0 Å². The molecule has 4 aromatic carbocycles. The Morgan fingerprint density at radius 2 is 1.49 bits per heavy atom. The molecule has 1 unspecified atom stereocenters. The average molecular weight is 539 g/mol. The van der Waals surface area contributed by atoms with Gasteiger partial charge in [0.2, 0.25) is 0 Å². The van der Waals surface area contributed by atoms with E-state index in [9.17, 15) is 0 Å². The SMILES string of the molecule is COc1ccccc1C1c2c(C)nn(-c3ccccc3)c2N=C2C(Nc3cc(C)cc(C)c3)=Nc3ccccc3N21. The quantitative estimate of drug-likeness (QED) is 0.256. The molecule has 202 valence electrons. The molecule has 3 heterocycles. The Morgan fingerprint density at radius 3 is 2.27 bits per heavy atom. The fraction of sp³-hybridized carbons (Fsp3) is 0.147. The lowest BCUT2D eigenvalue weighted by Gasteiger charge is -2.41. The number of para-hydroxylation sites is 4. The van der Waals surface area contributed by atoms with Crippen molar-refractivity contribution in [2.24, 2.45) is 9.98 Å². The van der Waals surface area contributed by atoms with Gasteiger partial charge in [-0.15, -0.1) is 0 Å². The summed E-state index contributed by atoms with van der Waals surface area (Å²) >= 11 is 0. The van der Waals surface area contributed by atoms with Crippen LogP contribution in [0.2, 0.25) is 0 Å². The number of aromatic nitrogens is 2. The molecule has 1 aromatic heterocycles. The second kappa shape index (κ2) is 9.78. The third-order valence-corrected chi connectivity index (χ3v) is 7.56. The Balaban J connectivity index is 1.52. The molecule has 0 bridgehead atoms. The van der Waals surface area contributed by atoms with Crippen LogP contribution < -0.4 is 15.0 Å². The number of rotatable bonds is 4. The van der Waals surface area contributed by atoms with Crippen LogP contribution in [0.5, 0.6) is 5.75 Å². The molecule has 0 aliphatic carbocycles. The predicted octanol–water partition coefficient (Wildman–Crippen LogP) is 7.60. The summed E-state index contributed by atoms with van der Waals surface area (Å²) < 4.78 is 7.86. The maximum Gasteiger partial charge on any atom is 0.179 e. The van der Waals surface area contributed by atoms with Gasteiger partial charge in [-0.2, -0.15) is 5.10 Å². The minimum Gasteiger partial charge on any atom is -0.496 e. The summed E-state index contributed by atoms with van der Waals surface area (Å²) in [4.78, 5) is 12.7. The Hall–Kier alpha value is -5.17. The summed E-state index contributed by atoms with van der Waals surface area (Å²) in [5.41, 5.74) is 9.09. The van der Waals surface area contributed by atoms with Gasteiger partial charge in [0.1, 0.15) is 5.75 Å². The first kappa shape index (κ1) is 24.8. The maximum absolute atomic E-state index is 5.92. The second-order valence-electron chi connectivity index (χ2n) is 10.5. The van der Waals surface area contributed by atoms with Crippen molar-refractivity contribution in [2.45, 2.75) is 26.8 Å². The van der Waals surface area contributed by atoms with Crippen LogP contribution in [-0.4, -0.2) is 28.6 Å². The highest BCUT2D eigenvalue weighted by Crippen LogP contribution is 2.49. The van der Waals surface area contributed by atoms with Crippen molar-refractivity contribution in [2.75, 3.05) is 17.3 Å². The normalized spacial score (nSPS) is 15.3. The Bertz CT molecular complexity index is 1830. The largest absolute Gasteiger partial charge is 0.496 e. The molecule has 1 atom stereocenters. The zero-order valence-corrected chi connectivity index (χ0v) is 23.5. The molecule has 7 rings (SSSR count). The lowest BCUT2D eigenvalue weighted by Crippen LogP contribution is -2.46. The van der Waals surface area contributed by atoms with Crippen LogP contribution in [0, 0.1) is 20.8 Å². The highest BCUT2D eigenvalue weighted by molar-refractivity contribution is 6.51. The first-order valence-electron chi connectivity index (χ1n) is 13.7. The highest BCUT2D eigenvalue weighted by Gasteiger charge is 2.42. The van der Waals surface area contributed by atoms with E-state index in [4.69, 9.17) is 19.8 Å². The lowest BCUT2D eigenvalue weighted by atomic mass is 9.92. The predicted molar refractivity (Wildman–Crippen MR) is 166 cm³/mol. The van der Waals surface area contributed by atoms with E-state index in [1.807, 2.05) is 53.2 Å². The van der Waals surface area contributed by atoms with Gasteiger partial charge >= 0.3 is 0 Å². The van der Waals surface area contributed by atoms with Crippen LogP contribution in [-0.2, 0) is 0 Å². The number of anilines is 2. The van der Waals surface area contributed by atoms with Crippen molar-refractivity contribution in [1.29, 1.82) is 0 Å². The van der Waals surface area contributed by atoms with E-state index in [0.717, 1.165) is 57.0 Å². The third-order valence-electron chi connectivity index (χ3n) is 7.56. The molecule has 0 saturated carbocycles. The molecular weight excluding hydrogens is 508 g/mol.